The molecule has 3 fully saturated rings. The lowest BCUT2D eigenvalue weighted by Gasteiger charge is -2.28. The zero-order chi connectivity index (χ0) is 14.2. The van der Waals surface area contributed by atoms with Gasteiger partial charge in [0.05, 0.1) is 11.8 Å². The van der Waals surface area contributed by atoms with Crippen LogP contribution in [0.1, 0.15) is 12.2 Å². The number of amides is 2. The van der Waals surface area contributed by atoms with Crippen LogP contribution in [0.25, 0.3) is 0 Å². The van der Waals surface area contributed by atoms with E-state index < -0.39 is 0 Å². The Labute approximate surface area is 132 Å². The molecule has 0 radical (unpaired) electrons. The minimum atomic E-state index is -0.206. The van der Waals surface area contributed by atoms with Crippen molar-refractivity contribution in [2.75, 3.05) is 4.90 Å². The Kier molecular flexibility index (Phi) is 2.71. The summed E-state index contributed by atoms with van der Waals surface area (Å²) in [5.41, 5.74) is 0. The van der Waals surface area contributed by atoms with Crippen LogP contribution < -0.4 is 4.90 Å². The van der Waals surface area contributed by atoms with Gasteiger partial charge in [-0.25, -0.2) is 4.90 Å². The molecule has 5 nitrogen and oxygen atoms in total. The second-order valence-corrected chi connectivity index (χ2v) is 7.93. The standard InChI is InChI=1S/C13H12Br2N2O3/c1-4-2-7(16-20-4)17-12(18)8-5-3-6(9(8)13(17)19)11(15)10(5)14/h2,5-6,8-11H,3H2,1H3/t5-,6-,8-,9+,10+,11+/m1/s1. The Bertz CT molecular complexity index is 585. The van der Waals surface area contributed by atoms with Crippen LogP contribution in [0.4, 0.5) is 5.82 Å². The summed E-state index contributed by atoms with van der Waals surface area (Å²) in [5.74, 6) is 0.716. The summed E-state index contributed by atoms with van der Waals surface area (Å²) in [6.45, 7) is 1.75. The molecule has 2 saturated carbocycles. The maximum absolute atomic E-state index is 12.6. The Balaban J connectivity index is 1.74. The van der Waals surface area contributed by atoms with E-state index in [2.05, 4.69) is 37.0 Å². The molecular weight excluding hydrogens is 392 g/mol. The minimum absolute atomic E-state index is 0.121. The van der Waals surface area contributed by atoms with E-state index in [1.165, 1.54) is 4.90 Å². The van der Waals surface area contributed by atoms with Gasteiger partial charge in [-0.1, -0.05) is 37.0 Å². The first-order valence-corrected chi connectivity index (χ1v) is 8.43. The lowest BCUT2D eigenvalue weighted by atomic mass is 9.81. The van der Waals surface area contributed by atoms with E-state index in [1.54, 1.807) is 13.0 Å². The highest BCUT2D eigenvalue weighted by Gasteiger charge is 2.66. The molecule has 0 unspecified atom stereocenters. The quantitative estimate of drug-likeness (QED) is 0.533. The summed E-state index contributed by atoms with van der Waals surface area (Å²) in [4.78, 5) is 27.0. The maximum atomic E-state index is 12.6. The molecule has 1 aliphatic heterocycles. The molecule has 2 heterocycles. The van der Waals surface area contributed by atoms with Gasteiger partial charge in [0.2, 0.25) is 11.8 Å². The first kappa shape index (κ1) is 13.0. The number of imide groups is 1. The van der Waals surface area contributed by atoms with Crippen molar-refractivity contribution in [3.8, 4) is 0 Å². The molecule has 7 heteroatoms. The monoisotopic (exact) mass is 402 g/mol. The molecule has 2 bridgehead atoms. The first-order valence-electron chi connectivity index (χ1n) is 6.60. The molecule has 2 amide bonds. The number of hydrogen-bond acceptors (Lipinski definition) is 4. The van der Waals surface area contributed by atoms with Crippen molar-refractivity contribution in [2.45, 2.75) is 23.0 Å². The number of carbonyl (C=O) groups is 2. The highest BCUT2D eigenvalue weighted by Crippen LogP contribution is 2.60. The average molecular weight is 404 g/mol. The van der Waals surface area contributed by atoms with E-state index in [4.69, 9.17) is 4.52 Å². The molecule has 0 N–H and O–H groups in total. The Morgan fingerprint density at radius 2 is 1.75 bits per heavy atom. The van der Waals surface area contributed by atoms with Crippen LogP contribution in [0, 0.1) is 30.6 Å². The van der Waals surface area contributed by atoms with E-state index in [0.717, 1.165) is 6.42 Å². The number of aryl methyl sites for hydroxylation is 1. The van der Waals surface area contributed by atoms with Gasteiger partial charge in [-0.2, -0.15) is 0 Å². The number of hydrogen-bond donors (Lipinski definition) is 0. The number of fused-ring (bicyclic) bond motifs is 5. The van der Waals surface area contributed by atoms with Crippen molar-refractivity contribution in [2.24, 2.45) is 23.7 Å². The van der Waals surface area contributed by atoms with Crippen LogP contribution in [-0.2, 0) is 9.59 Å². The van der Waals surface area contributed by atoms with Crippen molar-refractivity contribution >= 4 is 49.5 Å². The molecule has 106 valence electrons. The smallest absolute Gasteiger partial charge is 0.239 e. The zero-order valence-corrected chi connectivity index (χ0v) is 13.8. The fraction of sp³-hybridized carbons (Fsp3) is 0.615. The Morgan fingerprint density at radius 1 is 1.20 bits per heavy atom. The third-order valence-corrected chi connectivity index (χ3v) is 8.04. The normalized spacial score (nSPS) is 42.6. The topological polar surface area (TPSA) is 63.4 Å². The van der Waals surface area contributed by atoms with Gasteiger partial charge in [0.1, 0.15) is 5.76 Å². The summed E-state index contributed by atoms with van der Waals surface area (Å²) in [6, 6.07) is 1.63. The SMILES string of the molecule is Cc1cc(N2C(=O)[C@@H]3[C@H]4C[C@@H]([C@H](Br)[C@H]4Br)[C@@H]3C2=O)no1. The molecule has 0 aromatic carbocycles. The van der Waals surface area contributed by atoms with Crippen molar-refractivity contribution in [3.05, 3.63) is 11.8 Å². The van der Waals surface area contributed by atoms with Crippen LogP contribution in [-0.4, -0.2) is 26.6 Å². The van der Waals surface area contributed by atoms with Crippen molar-refractivity contribution in [1.82, 2.24) is 5.16 Å². The number of carbonyl (C=O) groups excluding carboxylic acids is 2. The minimum Gasteiger partial charge on any atom is -0.360 e. The lowest BCUT2D eigenvalue weighted by Crippen LogP contribution is -2.37. The third kappa shape index (κ3) is 1.45. The second kappa shape index (κ2) is 4.16. The van der Waals surface area contributed by atoms with Crippen LogP contribution in [0.2, 0.25) is 0 Å². The Hall–Kier alpha value is -0.690. The van der Waals surface area contributed by atoms with Crippen molar-refractivity contribution in [3.63, 3.8) is 0 Å². The summed E-state index contributed by atoms with van der Waals surface area (Å²) >= 11 is 7.32. The largest absolute Gasteiger partial charge is 0.360 e. The number of halogens is 2. The van der Waals surface area contributed by atoms with Crippen LogP contribution in [0.15, 0.2) is 10.6 Å². The molecule has 2 aliphatic carbocycles. The number of anilines is 1. The van der Waals surface area contributed by atoms with Gasteiger partial charge in [0, 0.05) is 15.7 Å². The average Bonchev–Trinajstić information content (AvgIpc) is 3.10. The number of rotatable bonds is 1. The second-order valence-electron chi connectivity index (χ2n) is 5.81. The Morgan fingerprint density at radius 3 is 2.20 bits per heavy atom. The van der Waals surface area contributed by atoms with Crippen molar-refractivity contribution < 1.29 is 14.1 Å². The van der Waals surface area contributed by atoms with E-state index in [-0.39, 0.29) is 45.1 Å². The van der Waals surface area contributed by atoms with Crippen LogP contribution in [0.5, 0.6) is 0 Å². The fourth-order valence-electron chi connectivity index (χ4n) is 4.03. The van der Waals surface area contributed by atoms with E-state index in [0.29, 0.717) is 11.6 Å². The van der Waals surface area contributed by atoms with Crippen molar-refractivity contribution in [1.29, 1.82) is 0 Å². The number of nitrogens with zero attached hydrogens (tertiary/aromatic N) is 2. The van der Waals surface area contributed by atoms with Gasteiger partial charge < -0.3 is 4.52 Å². The number of aromatic nitrogens is 1. The third-order valence-electron chi connectivity index (χ3n) is 4.83. The summed E-state index contributed by atoms with van der Waals surface area (Å²) in [5, 5.41) is 3.82. The number of alkyl halides is 2. The summed E-state index contributed by atoms with van der Waals surface area (Å²) in [7, 11) is 0. The van der Waals surface area contributed by atoms with Gasteiger partial charge in [0.25, 0.3) is 0 Å². The van der Waals surface area contributed by atoms with Gasteiger partial charge in [-0.15, -0.1) is 0 Å². The molecule has 0 spiro atoms. The maximum Gasteiger partial charge on any atom is 0.239 e. The molecule has 4 rings (SSSR count). The predicted octanol–water partition coefficient (Wildman–Crippen LogP) is 2.27. The van der Waals surface area contributed by atoms with Gasteiger partial charge in [0.15, 0.2) is 5.82 Å². The fourth-order valence-corrected chi connectivity index (χ4v) is 5.91. The molecule has 1 saturated heterocycles. The van der Waals surface area contributed by atoms with E-state index in [1.807, 2.05) is 0 Å². The highest BCUT2D eigenvalue weighted by atomic mass is 79.9. The first-order chi connectivity index (χ1) is 9.50. The van der Waals surface area contributed by atoms with Crippen LogP contribution >= 0.6 is 31.9 Å². The summed E-state index contributed by atoms with van der Waals surface area (Å²) < 4.78 is 4.99. The zero-order valence-electron chi connectivity index (χ0n) is 10.6. The van der Waals surface area contributed by atoms with Crippen LogP contribution in [0.3, 0.4) is 0 Å². The predicted molar refractivity (Wildman–Crippen MR) is 77.7 cm³/mol. The van der Waals surface area contributed by atoms with E-state index in [9.17, 15) is 9.59 Å². The molecular formula is C13H12Br2N2O3. The molecule has 1 aromatic heterocycles. The molecule has 3 aliphatic rings. The van der Waals surface area contributed by atoms with Gasteiger partial charge in [-0.05, 0) is 25.2 Å². The molecule has 1 aromatic rings. The highest BCUT2D eigenvalue weighted by molar-refractivity contribution is 9.12. The molecule has 6 atom stereocenters. The van der Waals surface area contributed by atoms with E-state index >= 15 is 0 Å². The molecule has 20 heavy (non-hydrogen) atoms. The van der Waals surface area contributed by atoms with Gasteiger partial charge in [-0.3, -0.25) is 9.59 Å². The summed E-state index contributed by atoms with van der Waals surface area (Å²) in [6.07, 6.45) is 0.935. The lowest BCUT2D eigenvalue weighted by molar-refractivity contribution is -0.123. The van der Waals surface area contributed by atoms with Gasteiger partial charge >= 0.3 is 0 Å².